The van der Waals surface area contributed by atoms with E-state index in [1.54, 1.807) is 11.1 Å². The Hall–Kier alpha value is -2.50. The van der Waals surface area contributed by atoms with Crippen molar-refractivity contribution in [1.82, 2.24) is 9.78 Å². The van der Waals surface area contributed by atoms with Crippen LogP contribution in [0.1, 0.15) is 16.8 Å². The molecule has 5 nitrogen and oxygen atoms in total. The Morgan fingerprint density at radius 1 is 1.29 bits per heavy atom. The van der Waals surface area contributed by atoms with Gasteiger partial charge in [0.05, 0.1) is 18.4 Å². The molecule has 0 atom stereocenters. The fraction of sp³-hybridized carbons (Fsp3) is 0.267. The monoisotopic (exact) mass is 289 g/mol. The summed E-state index contributed by atoms with van der Waals surface area (Å²) in [7, 11) is 3.64. The topological polar surface area (TPSA) is 55.2 Å². The molecule has 0 radical (unpaired) electrons. The Balaban J connectivity index is 2.04. The number of rotatable bonds is 5. The minimum Gasteiger partial charge on any atom is -0.376 e. The molecule has 0 bridgehead atoms. The number of Topliss-reactive ketones (excluding diaryl/α,β-unsaturated/α-hetero) is 1. The highest BCUT2D eigenvalue weighted by molar-refractivity contribution is 5.95. The fourth-order valence-electron chi connectivity index (χ4n) is 1.82. The largest absolute Gasteiger partial charge is 0.376 e. The summed E-state index contributed by atoms with van der Waals surface area (Å²) < 4.78 is 14.0. The average Bonchev–Trinajstić information content (AvgIpc) is 2.46. The van der Waals surface area contributed by atoms with E-state index in [9.17, 15) is 14.0 Å². The summed E-state index contributed by atoms with van der Waals surface area (Å²) in [4.78, 5) is 25.6. The van der Waals surface area contributed by atoms with Gasteiger partial charge in [-0.3, -0.25) is 9.59 Å². The number of aryl methyl sites for hydroxylation is 1. The number of aromatic nitrogens is 2. The minimum atomic E-state index is -0.385. The number of halogens is 1. The number of hydrogen-bond donors (Lipinski definition) is 0. The van der Waals surface area contributed by atoms with Gasteiger partial charge in [0, 0.05) is 32.1 Å². The molecule has 0 spiro atoms. The molecular formula is C15H16FN3O2. The summed E-state index contributed by atoms with van der Waals surface area (Å²) in [5.41, 5.74) is 0.878. The summed E-state index contributed by atoms with van der Waals surface area (Å²) >= 11 is 0. The number of carbonyl (C=O) groups excluding carboxylic acids is 1. The van der Waals surface area contributed by atoms with Gasteiger partial charge in [-0.15, -0.1) is 0 Å². The standard InChI is InChI=1S/C15H16FN3O2/c1-18(2)13-9-15(21)19(17-10-13)8-7-14(20)11-3-5-12(16)6-4-11/h3-6,9-10H,7-8H2,1-2H3. The first kappa shape index (κ1) is 14.9. The Kier molecular flexibility index (Phi) is 4.47. The molecule has 0 saturated carbocycles. The van der Waals surface area contributed by atoms with Gasteiger partial charge in [-0.2, -0.15) is 5.10 Å². The van der Waals surface area contributed by atoms with Crippen molar-refractivity contribution in [2.24, 2.45) is 0 Å². The van der Waals surface area contributed by atoms with Crippen molar-refractivity contribution >= 4 is 11.5 Å². The minimum absolute atomic E-state index is 0.139. The molecule has 0 fully saturated rings. The van der Waals surface area contributed by atoms with E-state index in [-0.39, 0.29) is 30.1 Å². The number of hydrogen-bond acceptors (Lipinski definition) is 4. The van der Waals surface area contributed by atoms with Crippen LogP contribution in [-0.2, 0) is 6.54 Å². The first-order valence-electron chi connectivity index (χ1n) is 6.50. The van der Waals surface area contributed by atoms with Crippen LogP contribution in [0, 0.1) is 5.82 Å². The first-order valence-corrected chi connectivity index (χ1v) is 6.50. The van der Waals surface area contributed by atoms with Crippen molar-refractivity contribution in [3.05, 3.63) is 58.3 Å². The average molecular weight is 289 g/mol. The highest BCUT2D eigenvalue weighted by Gasteiger charge is 2.08. The van der Waals surface area contributed by atoms with Crippen molar-refractivity contribution in [3.8, 4) is 0 Å². The summed E-state index contributed by atoms with van der Waals surface area (Å²) in [6.45, 7) is 0.197. The van der Waals surface area contributed by atoms with Crippen molar-refractivity contribution in [2.45, 2.75) is 13.0 Å². The SMILES string of the molecule is CN(C)c1cnn(CCC(=O)c2ccc(F)cc2)c(=O)c1. The van der Waals surface area contributed by atoms with E-state index in [0.717, 1.165) is 0 Å². The highest BCUT2D eigenvalue weighted by atomic mass is 19.1. The number of benzene rings is 1. The van der Waals surface area contributed by atoms with Gasteiger partial charge in [0.1, 0.15) is 5.82 Å². The van der Waals surface area contributed by atoms with Gasteiger partial charge >= 0.3 is 0 Å². The van der Waals surface area contributed by atoms with E-state index in [1.165, 1.54) is 35.0 Å². The molecule has 2 rings (SSSR count). The molecule has 0 aliphatic carbocycles. The molecule has 21 heavy (non-hydrogen) atoms. The molecule has 6 heteroatoms. The smallest absolute Gasteiger partial charge is 0.268 e. The van der Waals surface area contributed by atoms with Crippen LogP contribution in [0.25, 0.3) is 0 Å². The highest BCUT2D eigenvalue weighted by Crippen LogP contribution is 2.07. The van der Waals surface area contributed by atoms with Crippen molar-refractivity contribution < 1.29 is 9.18 Å². The molecule has 1 heterocycles. The van der Waals surface area contributed by atoms with Crippen LogP contribution in [0.2, 0.25) is 0 Å². The van der Waals surface area contributed by atoms with Gasteiger partial charge in [-0.05, 0) is 24.3 Å². The lowest BCUT2D eigenvalue weighted by Gasteiger charge is -2.12. The lowest BCUT2D eigenvalue weighted by molar-refractivity contribution is 0.0975. The predicted octanol–water partition coefficient (Wildman–Crippen LogP) is 1.72. The molecule has 0 amide bonds. The molecule has 0 aliphatic rings. The van der Waals surface area contributed by atoms with E-state index in [1.807, 2.05) is 14.1 Å². The maximum Gasteiger partial charge on any atom is 0.268 e. The number of anilines is 1. The van der Waals surface area contributed by atoms with Crippen LogP contribution in [-0.4, -0.2) is 29.7 Å². The summed E-state index contributed by atoms with van der Waals surface area (Å²) in [6.07, 6.45) is 1.71. The zero-order chi connectivity index (χ0) is 15.4. The third-order valence-corrected chi connectivity index (χ3v) is 3.09. The lowest BCUT2D eigenvalue weighted by Crippen LogP contribution is -2.25. The number of ketones is 1. The zero-order valence-corrected chi connectivity index (χ0v) is 11.9. The second kappa shape index (κ2) is 6.30. The maximum absolute atomic E-state index is 12.8. The molecule has 110 valence electrons. The van der Waals surface area contributed by atoms with Gasteiger partial charge < -0.3 is 4.90 Å². The van der Waals surface area contributed by atoms with Crippen LogP contribution in [0.15, 0.2) is 41.3 Å². The Morgan fingerprint density at radius 3 is 2.52 bits per heavy atom. The lowest BCUT2D eigenvalue weighted by atomic mass is 10.1. The maximum atomic E-state index is 12.8. The molecule has 1 aromatic carbocycles. The number of carbonyl (C=O) groups is 1. The van der Waals surface area contributed by atoms with E-state index >= 15 is 0 Å². The molecule has 0 saturated heterocycles. The van der Waals surface area contributed by atoms with Crippen LogP contribution < -0.4 is 10.5 Å². The molecule has 1 aromatic heterocycles. The van der Waals surface area contributed by atoms with E-state index < -0.39 is 0 Å². The fourth-order valence-corrected chi connectivity index (χ4v) is 1.82. The van der Waals surface area contributed by atoms with Gasteiger partial charge in [0.15, 0.2) is 5.78 Å². The quantitative estimate of drug-likeness (QED) is 0.787. The van der Waals surface area contributed by atoms with Gasteiger partial charge in [-0.25, -0.2) is 9.07 Å². The normalized spacial score (nSPS) is 10.4. The molecule has 2 aromatic rings. The van der Waals surface area contributed by atoms with Crippen LogP contribution in [0.3, 0.4) is 0 Å². The molecule has 0 aliphatic heterocycles. The van der Waals surface area contributed by atoms with Crippen LogP contribution in [0.4, 0.5) is 10.1 Å². The molecule has 0 unspecified atom stereocenters. The summed E-state index contributed by atoms with van der Waals surface area (Å²) in [5.74, 6) is -0.538. The molecular weight excluding hydrogens is 273 g/mol. The Morgan fingerprint density at radius 2 is 1.95 bits per heavy atom. The third kappa shape index (κ3) is 3.75. The zero-order valence-electron chi connectivity index (χ0n) is 11.9. The van der Waals surface area contributed by atoms with Gasteiger partial charge in [0.2, 0.25) is 0 Å². The van der Waals surface area contributed by atoms with Crippen LogP contribution >= 0.6 is 0 Å². The van der Waals surface area contributed by atoms with Crippen molar-refractivity contribution in [1.29, 1.82) is 0 Å². The van der Waals surface area contributed by atoms with Crippen molar-refractivity contribution in [2.75, 3.05) is 19.0 Å². The first-order chi connectivity index (χ1) is 9.97. The summed E-state index contributed by atoms with van der Waals surface area (Å²) in [5, 5.41) is 4.03. The second-order valence-corrected chi connectivity index (χ2v) is 4.85. The second-order valence-electron chi connectivity index (χ2n) is 4.85. The van der Waals surface area contributed by atoms with E-state index in [0.29, 0.717) is 11.3 Å². The Labute approximate surface area is 121 Å². The molecule has 0 N–H and O–H groups in total. The Bertz CT molecular complexity index is 693. The van der Waals surface area contributed by atoms with E-state index in [2.05, 4.69) is 5.10 Å². The number of nitrogens with zero attached hydrogens (tertiary/aromatic N) is 3. The van der Waals surface area contributed by atoms with Gasteiger partial charge in [-0.1, -0.05) is 0 Å². The van der Waals surface area contributed by atoms with E-state index in [4.69, 9.17) is 0 Å². The third-order valence-electron chi connectivity index (χ3n) is 3.09. The van der Waals surface area contributed by atoms with Crippen molar-refractivity contribution in [3.63, 3.8) is 0 Å². The predicted molar refractivity (Wildman–Crippen MR) is 78.2 cm³/mol. The summed E-state index contributed by atoms with van der Waals surface area (Å²) in [6, 6.07) is 6.81. The van der Waals surface area contributed by atoms with Gasteiger partial charge in [0.25, 0.3) is 5.56 Å². The van der Waals surface area contributed by atoms with Crippen LogP contribution in [0.5, 0.6) is 0 Å².